The molecule has 2 rings (SSSR count). The first-order valence-corrected chi connectivity index (χ1v) is 7.48. The molecule has 0 bridgehead atoms. The fourth-order valence-electron chi connectivity index (χ4n) is 1.73. The molecule has 0 aromatic heterocycles. The van der Waals surface area contributed by atoms with Crippen molar-refractivity contribution in [3.8, 4) is 0 Å². The van der Waals surface area contributed by atoms with Gasteiger partial charge in [-0.15, -0.1) is 0 Å². The third-order valence-corrected chi connectivity index (χ3v) is 4.30. The van der Waals surface area contributed by atoms with Crippen LogP contribution in [0.3, 0.4) is 0 Å². The van der Waals surface area contributed by atoms with Gasteiger partial charge in [-0.2, -0.15) is 0 Å². The molecule has 0 saturated heterocycles. The Morgan fingerprint density at radius 1 is 1.40 bits per heavy atom. The third-order valence-electron chi connectivity index (χ3n) is 3.37. The normalized spacial score (nSPS) is 16.8. The number of primary sulfonamides is 1. The highest BCUT2D eigenvalue weighted by atomic mass is 32.2. The van der Waals surface area contributed by atoms with Gasteiger partial charge < -0.3 is 5.32 Å². The highest BCUT2D eigenvalue weighted by Gasteiger charge is 2.37. The van der Waals surface area contributed by atoms with Crippen LogP contribution in [0.5, 0.6) is 0 Å². The quantitative estimate of drug-likeness (QED) is 0.874. The van der Waals surface area contributed by atoms with E-state index in [-0.39, 0.29) is 12.0 Å². The molecule has 110 valence electrons. The van der Waals surface area contributed by atoms with Gasteiger partial charge in [-0.3, -0.25) is 4.79 Å². The molecule has 5 nitrogen and oxygen atoms in total. The van der Waals surface area contributed by atoms with E-state index in [2.05, 4.69) is 5.32 Å². The molecular formula is C12H14F2N2O3S. The van der Waals surface area contributed by atoms with Crippen LogP contribution >= 0.6 is 0 Å². The lowest BCUT2D eigenvalue weighted by Gasteiger charge is -2.12. The number of nitrogens with one attached hydrogen (secondary N) is 1. The Labute approximate surface area is 115 Å². The lowest BCUT2D eigenvalue weighted by Crippen LogP contribution is -2.31. The van der Waals surface area contributed by atoms with Crippen LogP contribution in [-0.4, -0.2) is 20.9 Å². The standard InChI is InChI=1S/C12H14F2N2O3S/c1-12(4-5-12)6-16-11(17)9-7(13)2-3-8(10(9)14)20(15,18)19/h2-3H,4-6H2,1H3,(H,16,17)(H2,15,18,19). The minimum absolute atomic E-state index is 0.0415. The smallest absolute Gasteiger partial charge is 0.257 e. The number of amides is 1. The average molecular weight is 304 g/mol. The fraction of sp³-hybridized carbons (Fsp3) is 0.417. The first kappa shape index (κ1) is 14.9. The van der Waals surface area contributed by atoms with E-state index in [4.69, 9.17) is 5.14 Å². The molecule has 0 radical (unpaired) electrons. The van der Waals surface area contributed by atoms with Crippen molar-refractivity contribution in [3.05, 3.63) is 29.3 Å². The molecule has 0 atom stereocenters. The van der Waals surface area contributed by atoms with E-state index in [1.807, 2.05) is 6.92 Å². The number of benzene rings is 1. The summed E-state index contributed by atoms with van der Waals surface area (Å²) in [5.74, 6) is -3.59. The average Bonchev–Trinajstić information content (AvgIpc) is 3.03. The molecule has 0 spiro atoms. The minimum atomic E-state index is -4.36. The molecule has 1 aliphatic rings. The zero-order chi connectivity index (χ0) is 15.1. The van der Waals surface area contributed by atoms with Crippen molar-refractivity contribution in [1.29, 1.82) is 0 Å². The number of hydrogen-bond acceptors (Lipinski definition) is 3. The van der Waals surface area contributed by atoms with Gasteiger partial charge in [-0.25, -0.2) is 22.3 Å². The van der Waals surface area contributed by atoms with Gasteiger partial charge in [-0.05, 0) is 30.4 Å². The predicted octanol–water partition coefficient (Wildman–Crippen LogP) is 1.14. The van der Waals surface area contributed by atoms with Crippen LogP contribution in [-0.2, 0) is 10.0 Å². The molecular weight excluding hydrogens is 290 g/mol. The lowest BCUT2D eigenvalue weighted by molar-refractivity contribution is 0.0937. The first-order chi connectivity index (χ1) is 9.14. The van der Waals surface area contributed by atoms with Crippen molar-refractivity contribution in [2.45, 2.75) is 24.7 Å². The summed E-state index contributed by atoms with van der Waals surface area (Å²) in [5, 5.41) is 7.22. The number of nitrogens with two attached hydrogens (primary N) is 1. The maximum atomic E-state index is 14.0. The molecule has 1 aromatic carbocycles. The van der Waals surface area contributed by atoms with Gasteiger partial charge in [0.2, 0.25) is 10.0 Å². The SMILES string of the molecule is CC1(CNC(=O)c2c(F)ccc(S(N)(=O)=O)c2F)CC1. The molecule has 0 aliphatic heterocycles. The lowest BCUT2D eigenvalue weighted by atomic mass is 10.1. The topological polar surface area (TPSA) is 89.3 Å². The Kier molecular flexibility index (Phi) is 3.55. The molecule has 1 fully saturated rings. The maximum absolute atomic E-state index is 14.0. The van der Waals surface area contributed by atoms with Crippen LogP contribution < -0.4 is 10.5 Å². The summed E-state index contributed by atoms with van der Waals surface area (Å²) >= 11 is 0. The number of sulfonamides is 1. The van der Waals surface area contributed by atoms with Crippen molar-refractivity contribution < 1.29 is 22.0 Å². The van der Waals surface area contributed by atoms with Gasteiger partial charge in [0.25, 0.3) is 5.91 Å². The molecule has 1 saturated carbocycles. The van der Waals surface area contributed by atoms with Gasteiger partial charge >= 0.3 is 0 Å². The third kappa shape index (κ3) is 2.96. The fourth-order valence-corrected chi connectivity index (χ4v) is 2.34. The molecule has 0 heterocycles. The van der Waals surface area contributed by atoms with E-state index in [0.717, 1.165) is 12.8 Å². The molecule has 3 N–H and O–H groups in total. The molecule has 1 amide bonds. The van der Waals surface area contributed by atoms with Crippen molar-refractivity contribution in [3.63, 3.8) is 0 Å². The van der Waals surface area contributed by atoms with Gasteiger partial charge in [-0.1, -0.05) is 6.92 Å². The van der Waals surface area contributed by atoms with Gasteiger partial charge in [0.05, 0.1) is 0 Å². The summed E-state index contributed by atoms with van der Waals surface area (Å²) in [7, 11) is -4.36. The Balaban J connectivity index is 2.32. The zero-order valence-electron chi connectivity index (χ0n) is 10.7. The van der Waals surface area contributed by atoms with Crippen LogP contribution in [0, 0.1) is 17.0 Å². The largest absolute Gasteiger partial charge is 0.351 e. The predicted molar refractivity (Wildman–Crippen MR) is 67.4 cm³/mol. The summed E-state index contributed by atoms with van der Waals surface area (Å²) in [6.07, 6.45) is 1.85. The monoisotopic (exact) mass is 304 g/mol. The Morgan fingerprint density at radius 3 is 2.50 bits per heavy atom. The molecule has 1 aliphatic carbocycles. The van der Waals surface area contributed by atoms with E-state index in [1.54, 1.807) is 0 Å². The summed E-state index contributed by atoms with van der Waals surface area (Å²) in [5.41, 5.74) is -0.971. The molecule has 8 heteroatoms. The Hall–Kier alpha value is -1.54. The highest BCUT2D eigenvalue weighted by molar-refractivity contribution is 7.89. The summed E-state index contributed by atoms with van der Waals surface area (Å²) in [6, 6.07) is 1.40. The summed E-state index contributed by atoms with van der Waals surface area (Å²) < 4.78 is 49.8. The van der Waals surface area contributed by atoms with Crippen molar-refractivity contribution in [1.82, 2.24) is 5.32 Å². The van der Waals surface area contributed by atoms with E-state index >= 15 is 0 Å². The van der Waals surface area contributed by atoms with Crippen molar-refractivity contribution in [2.75, 3.05) is 6.54 Å². The number of rotatable bonds is 4. The minimum Gasteiger partial charge on any atom is -0.351 e. The van der Waals surface area contributed by atoms with Crippen LogP contribution in [0.25, 0.3) is 0 Å². The molecule has 1 aromatic rings. The van der Waals surface area contributed by atoms with Gasteiger partial charge in [0.1, 0.15) is 16.3 Å². The zero-order valence-corrected chi connectivity index (χ0v) is 11.6. The van der Waals surface area contributed by atoms with Crippen LogP contribution in [0.15, 0.2) is 17.0 Å². The van der Waals surface area contributed by atoms with E-state index in [1.165, 1.54) is 0 Å². The van der Waals surface area contributed by atoms with Crippen LogP contribution in [0.1, 0.15) is 30.1 Å². The Bertz CT molecular complexity index is 670. The van der Waals surface area contributed by atoms with Crippen molar-refractivity contribution >= 4 is 15.9 Å². The molecule has 0 unspecified atom stereocenters. The number of halogens is 2. The number of hydrogen-bond donors (Lipinski definition) is 2. The van der Waals surface area contributed by atoms with Crippen molar-refractivity contribution in [2.24, 2.45) is 10.6 Å². The Morgan fingerprint density at radius 2 is 2.00 bits per heavy atom. The van der Waals surface area contributed by atoms with Gasteiger partial charge in [0, 0.05) is 6.54 Å². The summed E-state index contributed by atoms with van der Waals surface area (Å²) in [4.78, 5) is 10.9. The second-order valence-electron chi connectivity index (χ2n) is 5.27. The maximum Gasteiger partial charge on any atom is 0.257 e. The second kappa shape index (κ2) is 4.78. The second-order valence-corrected chi connectivity index (χ2v) is 6.80. The van der Waals surface area contributed by atoms with E-state index in [9.17, 15) is 22.0 Å². The molecule has 20 heavy (non-hydrogen) atoms. The number of carbonyl (C=O) groups excluding carboxylic acids is 1. The summed E-state index contributed by atoms with van der Waals surface area (Å²) in [6.45, 7) is 2.21. The van der Waals surface area contributed by atoms with E-state index in [0.29, 0.717) is 12.1 Å². The highest BCUT2D eigenvalue weighted by Crippen LogP contribution is 2.44. The first-order valence-electron chi connectivity index (χ1n) is 5.93. The van der Waals surface area contributed by atoms with E-state index < -0.39 is 38.0 Å². The van der Waals surface area contributed by atoms with Crippen LogP contribution in [0.4, 0.5) is 8.78 Å². The van der Waals surface area contributed by atoms with Crippen LogP contribution in [0.2, 0.25) is 0 Å². The van der Waals surface area contributed by atoms with Gasteiger partial charge in [0.15, 0.2) is 5.82 Å². The number of carbonyl (C=O) groups is 1.